The number of phenolic OH excluding ortho intramolecular Hbond substituents is 2. The van der Waals surface area contributed by atoms with Crippen molar-refractivity contribution in [2.75, 3.05) is 0 Å². The Balaban J connectivity index is 0.000000316. The molecule has 0 aliphatic carbocycles. The smallest absolute Gasteiger partial charge is 0.124 e. The SMILES string of the molecule is Cc1n[n-]c(-c2ccccn2)n1.Oc1ccccc1-c1cccc(-c2cccc(-c3ccccc3O)n2)n1.[CH-]=O.[CH-]=O.[Ir].[Os].[Pt].[c-]1ccccc1-c1nccc2ccccc12. The van der Waals surface area contributed by atoms with E-state index < -0.39 is 0 Å². The summed E-state index contributed by atoms with van der Waals surface area (Å²) in [7, 11) is 0. The van der Waals surface area contributed by atoms with Gasteiger partial charge in [0.1, 0.15) is 11.5 Å². The number of benzene rings is 4. The van der Waals surface area contributed by atoms with Gasteiger partial charge in [-0.3, -0.25) is 23.7 Å². The van der Waals surface area contributed by atoms with Gasteiger partial charge in [0.25, 0.3) is 0 Å². The van der Waals surface area contributed by atoms with E-state index in [-0.39, 0.29) is 72.5 Å². The normalized spacial score (nSPS) is 9.39. The molecule has 5 aromatic heterocycles. The number of fused-ring (bicyclic) bond motifs is 1. The number of para-hydroxylation sites is 2. The maximum atomic E-state index is 10.1. The molecule has 2 N–H and O–H groups in total. The predicted molar refractivity (Wildman–Crippen MR) is 225 cm³/mol. The first-order valence-electron chi connectivity index (χ1n) is 17.6. The molecule has 0 aliphatic heterocycles. The van der Waals surface area contributed by atoms with Crippen LogP contribution in [0.3, 0.4) is 0 Å². The van der Waals surface area contributed by atoms with Crippen molar-refractivity contribution in [1.29, 1.82) is 0 Å². The standard InChI is InChI=1S/C22H16N2O2.C15H10N.C8H7N4.2CHO.Ir.Os.Pt/c25-21-13-3-1-7-15(21)17-9-5-11-19(23-17)20-12-6-10-18(24-20)16-8-2-4-14-22(16)26;1-2-7-13(8-3-1)15-14-9-5-4-6-12(14)10-11-16-15;1-6-10-8(12-11-6)7-4-2-3-5-9-7;2*1-2;;;/h1-14,25-26H;1-7,9-11H;2-5H,1H3;2*1H;;;/q;4*-1;;;. The van der Waals surface area contributed by atoms with Crippen LogP contribution in [0.15, 0.2) is 170 Å². The quantitative estimate of drug-likeness (QED) is 0.125. The predicted octanol–water partition coefficient (Wildman–Crippen LogP) is 8.84. The van der Waals surface area contributed by atoms with Crippen molar-refractivity contribution in [2.24, 2.45) is 0 Å². The molecule has 14 heteroatoms. The van der Waals surface area contributed by atoms with Crippen LogP contribution in [0.4, 0.5) is 0 Å². The molecule has 5 heterocycles. The molecule has 9 rings (SSSR count). The van der Waals surface area contributed by atoms with E-state index in [2.05, 4.69) is 66.9 Å². The average molecular weight is 1340 g/mol. The molecular weight excluding hydrogens is 1300 g/mol. The van der Waals surface area contributed by atoms with E-state index in [9.17, 15) is 10.2 Å². The Hall–Kier alpha value is -6.21. The minimum atomic E-state index is 0. The fraction of sp³-hybridized carbons (Fsp3) is 0.0213. The molecule has 1 radical (unpaired) electrons. The van der Waals surface area contributed by atoms with Crippen molar-refractivity contribution in [3.05, 3.63) is 182 Å². The van der Waals surface area contributed by atoms with E-state index in [1.807, 2.05) is 128 Å². The van der Waals surface area contributed by atoms with Crippen LogP contribution in [0.1, 0.15) is 5.82 Å². The molecule has 0 amide bonds. The van der Waals surface area contributed by atoms with Gasteiger partial charge in [0.2, 0.25) is 0 Å². The second-order valence-electron chi connectivity index (χ2n) is 11.9. The monoisotopic (exact) mass is 1340 g/mol. The number of aromatic hydroxyl groups is 2. The second kappa shape index (κ2) is 26.8. The molecule has 61 heavy (non-hydrogen) atoms. The third-order valence-corrected chi connectivity index (χ3v) is 8.21. The van der Waals surface area contributed by atoms with Crippen LogP contribution in [0, 0.1) is 13.0 Å². The van der Waals surface area contributed by atoms with Crippen LogP contribution in [0.25, 0.3) is 67.5 Å². The molecule has 0 saturated heterocycles. The summed E-state index contributed by atoms with van der Waals surface area (Å²) in [5, 5.41) is 30.2. The Morgan fingerprint density at radius 3 is 1.59 bits per heavy atom. The zero-order chi connectivity index (χ0) is 41.1. The first-order chi connectivity index (χ1) is 28.5. The summed E-state index contributed by atoms with van der Waals surface area (Å²) in [5.74, 6) is 1.64. The van der Waals surface area contributed by atoms with Crippen LogP contribution in [-0.4, -0.2) is 53.8 Å². The van der Waals surface area contributed by atoms with Crippen molar-refractivity contribution < 1.29 is 80.8 Å². The number of hydrogen-bond acceptors (Lipinski definition) is 10. The van der Waals surface area contributed by atoms with E-state index in [0.717, 1.165) is 17.0 Å². The number of rotatable bonds is 5. The third-order valence-electron chi connectivity index (χ3n) is 8.21. The van der Waals surface area contributed by atoms with Gasteiger partial charge in [0.05, 0.1) is 28.5 Å². The van der Waals surface area contributed by atoms with Gasteiger partial charge in [-0.2, -0.15) is 0 Å². The maximum absolute atomic E-state index is 10.1. The minimum absolute atomic E-state index is 0. The molecule has 0 fully saturated rings. The van der Waals surface area contributed by atoms with Crippen LogP contribution in [0.2, 0.25) is 0 Å². The van der Waals surface area contributed by atoms with Gasteiger partial charge >= 0.3 is 0 Å². The van der Waals surface area contributed by atoms with E-state index in [4.69, 9.17) is 9.59 Å². The number of pyridine rings is 4. The molecule has 0 aliphatic rings. The first-order valence-corrected chi connectivity index (χ1v) is 17.6. The number of carbonyl (C=O) groups excluding carboxylic acids is 2. The first kappa shape index (κ1) is 50.9. The minimum Gasteiger partial charge on any atom is -0.545 e. The van der Waals surface area contributed by atoms with Gasteiger partial charge in [0, 0.05) is 90.3 Å². The summed E-state index contributed by atoms with van der Waals surface area (Å²) in [6.07, 6.45) is 3.56. The number of phenols is 2. The Kier molecular flexibility index (Phi) is 22.4. The summed E-state index contributed by atoms with van der Waals surface area (Å²) < 4.78 is 0. The van der Waals surface area contributed by atoms with Gasteiger partial charge in [-0.25, -0.2) is 9.97 Å². The molecule has 0 atom stereocenters. The van der Waals surface area contributed by atoms with Gasteiger partial charge in [-0.15, -0.1) is 35.9 Å². The molecule has 0 unspecified atom stereocenters. The number of hydrogen-bond donors (Lipinski definition) is 2. The fourth-order valence-corrected chi connectivity index (χ4v) is 5.63. The van der Waals surface area contributed by atoms with E-state index in [0.29, 0.717) is 45.6 Å². The van der Waals surface area contributed by atoms with Crippen molar-refractivity contribution in [3.63, 3.8) is 0 Å². The van der Waals surface area contributed by atoms with Crippen molar-refractivity contribution in [2.45, 2.75) is 6.92 Å². The summed E-state index contributed by atoms with van der Waals surface area (Å²) in [4.78, 5) is 37.4. The van der Waals surface area contributed by atoms with Gasteiger partial charge < -0.3 is 34.9 Å². The second-order valence-corrected chi connectivity index (χ2v) is 11.9. The summed E-state index contributed by atoms with van der Waals surface area (Å²) in [5.41, 5.74) is 6.89. The van der Waals surface area contributed by atoms with E-state index >= 15 is 0 Å². The maximum Gasteiger partial charge on any atom is 0.124 e. The summed E-state index contributed by atoms with van der Waals surface area (Å²) >= 11 is 0. The molecule has 9 aromatic rings. The van der Waals surface area contributed by atoms with Gasteiger partial charge in [-0.1, -0.05) is 66.7 Å². The molecule has 0 spiro atoms. The third kappa shape index (κ3) is 13.9. The molecule has 313 valence electrons. The molecule has 0 saturated carbocycles. The van der Waals surface area contributed by atoms with Gasteiger partial charge in [-0.05, 0) is 95.9 Å². The van der Waals surface area contributed by atoms with Crippen LogP contribution in [-0.2, 0) is 70.6 Å². The van der Waals surface area contributed by atoms with Crippen molar-refractivity contribution >= 4 is 24.4 Å². The van der Waals surface area contributed by atoms with E-state index in [1.54, 1.807) is 37.4 Å². The van der Waals surface area contributed by atoms with Crippen LogP contribution in [0.5, 0.6) is 11.5 Å². The largest absolute Gasteiger partial charge is 0.545 e. The van der Waals surface area contributed by atoms with Crippen LogP contribution < -0.4 is 5.10 Å². The number of nitrogens with zero attached hydrogens (tertiary/aromatic N) is 7. The fourth-order valence-electron chi connectivity index (χ4n) is 5.63. The molecule has 4 aromatic carbocycles. The zero-order valence-corrected chi connectivity index (χ0v) is 39.4. The topological polar surface area (TPSA) is 166 Å². The van der Waals surface area contributed by atoms with Gasteiger partial charge in [0.15, 0.2) is 0 Å². The van der Waals surface area contributed by atoms with Crippen molar-refractivity contribution in [1.82, 2.24) is 35.1 Å². The Morgan fingerprint density at radius 2 is 1.07 bits per heavy atom. The Labute approximate surface area is 394 Å². The molecule has 11 nitrogen and oxygen atoms in total. The Morgan fingerprint density at radius 1 is 0.541 bits per heavy atom. The Bertz CT molecular complexity index is 2580. The summed E-state index contributed by atoms with van der Waals surface area (Å²) in [6.45, 7) is 8.30. The average Bonchev–Trinajstić information content (AvgIpc) is 3.75. The molecular formula is C47H35IrN7O4OsPt-4. The zero-order valence-electron chi connectivity index (χ0n) is 32.2. The summed E-state index contributed by atoms with van der Waals surface area (Å²) in [6, 6.07) is 52.5. The van der Waals surface area contributed by atoms with E-state index in [1.165, 1.54) is 10.8 Å². The molecule has 0 bridgehead atoms. The number of aromatic nitrogens is 7. The van der Waals surface area contributed by atoms with Crippen LogP contribution >= 0.6 is 0 Å². The number of aryl methyl sites for hydroxylation is 1. The van der Waals surface area contributed by atoms with Crippen molar-refractivity contribution in [3.8, 4) is 68.2 Å².